The summed E-state index contributed by atoms with van der Waals surface area (Å²) in [7, 11) is 0. The third-order valence-corrected chi connectivity index (χ3v) is 6.13. The van der Waals surface area contributed by atoms with Crippen LogP contribution in [0.1, 0.15) is 48.0 Å². The van der Waals surface area contributed by atoms with Crippen molar-refractivity contribution in [2.45, 2.75) is 26.8 Å². The van der Waals surface area contributed by atoms with Gasteiger partial charge in [0.1, 0.15) is 0 Å². The highest BCUT2D eigenvalue weighted by Crippen LogP contribution is 2.27. The van der Waals surface area contributed by atoms with Crippen LogP contribution >= 0.6 is 11.6 Å². The summed E-state index contributed by atoms with van der Waals surface area (Å²) in [6.07, 6.45) is 0.748. The van der Waals surface area contributed by atoms with Crippen LogP contribution in [0.5, 0.6) is 0 Å². The van der Waals surface area contributed by atoms with Gasteiger partial charge in [0, 0.05) is 40.7 Å². The van der Waals surface area contributed by atoms with Gasteiger partial charge in [-0.15, -0.1) is 0 Å². The molecule has 0 saturated heterocycles. The van der Waals surface area contributed by atoms with Crippen molar-refractivity contribution in [1.82, 2.24) is 9.47 Å². The molecule has 2 aromatic carbocycles. The second-order valence-corrected chi connectivity index (χ2v) is 8.36. The van der Waals surface area contributed by atoms with Crippen LogP contribution in [0.15, 0.2) is 48.5 Å². The molecule has 0 aliphatic carbocycles. The smallest absolute Gasteiger partial charge is 0.270 e. The molecule has 168 valence electrons. The number of fused-ring (bicyclic) bond motifs is 1. The van der Waals surface area contributed by atoms with Gasteiger partial charge < -0.3 is 4.57 Å². The summed E-state index contributed by atoms with van der Waals surface area (Å²) in [4.78, 5) is 49.6. The fourth-order valence-electron chi connectivity index (χ4n) is 4.08. The standard InChI is InChI=1S/C24H20ClN3O5/c1-14-11-20(15(2)26(14)10-9-16-3-5-17(25)6-4-16)22(29)13-27-23(30)19-8-7-18(28(32)33)12-21(19)24(27)31/h3-8,11-12H,9-10,13H2,1-2H3. The predicted molar refractivity (Wildman–Crippen MR) is 122 cm³/mol. The van der Waals surface area contributed by atoms with E-state index in [1.165, 1.54) is 12.1 Å². The summed E-state index contributed by atoms with van der Waals surface area (Å²) < 4.78 is 2.02. The van der Waals surface area contributed by atoms with E-state index in [1.54, 1.807) is 6.07 Å². The molecule has 0 spiro atoms. The normalized spacial score (nSPS) is 12.9. The van der Waals surface area contributed by atoms with E-state index in [0.29, 0.717) is 17.1 Å². The van der Waals surface area contributed by atoms with E-state index in [0.717, 1.165) is 34.3 Å². The number of carbonyl (C=O) groups excluding carboxylic acids is 3. The number of nitro groups is 1. The van der Waals surface area contributed by atoms with Crippen LogP contribution in [0, 0.1) is 24.0 Å². The summed E-state index contributed by atoms with van der Waals surface area (Å²) in [6, 6.07) is 12.8. The topological polar surface area (TPSA) is 103 Å². The zero-order valence-electron chi connectivity index (χ0n) is 18.0. The molecule has 0 radical (unpaired) electrons. The van der Waals surface area contributed by atoms with E-state index < -0.39 is 23.3 Å². The average Bonchev–Trinajstić information content (AvgIpc) is 3.20. The van der Waals surface area contributed by atoms with Gasteiger partial charge in [-0.05, 0) is 50.1 Å². The van der Waals surface area contributed by atoms with Crippen molar-refractivity contribution in [3.63, 3.8) is 0 Å². The van der Waals surface area contributed by atoms with Crippen molar-refractivity contribution >= 4 is 34.9 Å². The van der Waals surface area contributed by atoms with Gasteiger partial charge in [-0.25, -0.2) is 0 Å². The fourth-order valence-corrected chi connectivity index (χ4v) is 4.21. The van der Waals surface area contributed by atoms with Crippen LogP contribution < -0.4 is 0 Å². The number of halogens is 1. The number of Topliss-reactive ketones (excluding diaryl/α,β-unsaturated/α-hetero) is 1. The number of nitro benzene ring substituents is 1. The van der Waals surface area contributed by atoms with Crippen molar-refractivity contribution in [2.75, 3.05) is 6.54 Å². The number of non-ortho nitro benzene ring substituents is 1. The number of amides is 2. The first kappa shape index (κ1) is 22.4. The lowest BCUT2D eigenvalue weighted by molar-refractivity contribution is -0.384. The first-order chi connectivity index (χ1) is 15.7. The van der Waals surface area contributed by atoms with Gasteiger partial charge in [0.2, 0.25) is 0 Å². The van der Waals surface area contributed by atoms with Crippen LogP contribution in [0.25, 0.3) is 0 Å². The van der Waals surface area contributed by atoms with E-state index in [9.17, 15) is 24.5 Å². The Morgan fingerprint density at radius 2 is 1.67 bits per heavy atom. The maximum Gasteiger partial charge on any atom is 0.270 e. The molecule has 0 atom stereocenters. The Morgan fingerprint density at radius 1 is 1.00 bits per heavy atom. The summed E-state index contributed by atoms with van der Waals surface area (Å²) in [5.41, 5.74) is 2.90. The number of hydrogen-bond donors (Lipinski definition) is 0. The maximum atomic E-state index is 13.0. The second kappa shape index (κ2) is 8.63. The number of aryl methyl sites for hydroxylation is 2. The minimum atomic E-state index is -0.705. The van der Waals surface area contributed by atoms with Crippen molar-refractivity contribution in [3.8, 4) is 0 Å². The first-order valence-corrected chi connectivity index (χ1v) is 10.6. The number of hydrogen-bond acceptors (Lipinski definition) is 5. The molecule has 2 heterocycles. The lowest BCUT2D eigenvalue weighted by Gasteiger charge is -2.13. The molecule has 9 heteroatoms. The molecular formula is C24H20ClN3O5. The molecule has 2 amide bonds. The highest BCUT2D eigenvalue weighted by atomic mass is 35.5. The molecule has 8 nitrogen and oxygen atoms in total. The molecule has 0 unspecified atom stereocenters. The van der Waals surface area contributed by atoms with E-state index in [1.807, 2.05) is 42.7 Å². The Hall–Kier alpha value is -3.78. The second-order valence-electron chi connectivity index (χ2n) is 7.92. The summed E-state index contributed by atoms with van der Waals surface area (Å²) in [6.45, 7) is 3.95. The average molecular weight is 466 g/mol. The summed E-state index contributed by atoms with van der Waals surface area (Å²) >= 11 is 5.93. The Labute approximate surface area is 194 Å². The minimum absolute atomic E-state index is 0.0598. The van der Waals surface area contributed by atoms with E-state index >= 15 is 0 Å². The highest BCUT2D eigenvalue weighted by molar-refractivity contribution is 6.30. The molecule has 1 aliphatic rings. The van der Waals surface area contributed by atoms with E-state index in [4.69, 9.17) is 11.6 Å². The largest absolute Gasteiger partial charge is 0.348 e. The van der Waals surface area contributed by atoms with Crippen molar-refractivity contribution in [1.29, 1.82) is 0 Å². The molecule has 1 aliphatic heterocycles. The molecule has 0 bridgehead atoms. The molecule has 4 rings (SSSR count). The lowest BCUT2D eigenvalue weighted by atomic mass is 10.1. The van der Waals surface area contributed by atoms with E-state index in [-0.39, 0.29) is 22.6 Å². The Balaban J connectivity index is 1.51. The van der Waals surface area contributed by atoms with Crippen molar-refractivity contribution in [2.24, 2.45) is 0 Å². The minimum Gasteiger partial charge on any atom is -0.348 e. The number of ketones is 1. The van der Waals surface area contributed by atoms with Crippen LogP contribution in [-0.4, -0.2) is 38.5 Å². The predicted octanol–water partition coefficient (Wildman–Crippen LogP) is 4.39. The first-order valence-electron chi connectivity index (χ1n) is 10.3. The Kier molecular flexibility index (Phi) is 5.86. The number of rotatable bonds is 7. The fraction of sp³-hybridized carbons (Fsp3) is 0.208. The van der Waals surface area contributed by atoms with Gasteiger partial charge in [0.25, 0.3) is 17.5 Å². The van der Waals surface area contributed by atoms with Crippen LogP contribution in [0.2, 0.25) is 5.02 Å². The highest BCUT2D eigenvalue weighted by Gasteiger charge is 2.38. The molecule has 1 aromatic heterocycles. The maximum absolute atomic E-state index is 13.0. The molecular weight excluding hydrogens is 446 g/mol. The number of imide groups is 1. The van der Waals surface area contributed by atoms with Gasteiger partial charge in [0.15, 0.2) is 5.78 Å². The van der Waals surface area contributed by atoms with Gasteiger partial charge in [-0.2, -0.15) is 0 Å². The van der Waals surface area contributed by atoms with Crippen LogP contribution in [0.4, 0.5) is 5.69 Å². The molecule has 0 N–H and O–H groups in total. The van der Waals surface area contributed by atoms with Crippen molar-refractivity contribution in [3.05, 3.63) is 97.3 Å². The third kappa shape index (κ3) is 4.17. The molecule has 0 saturated carbocycles. The van der Waals surface area contributed by atoms with Crippen LogP contribution in [0.3, 0.4) is 0 Å². The third-order valence-electron chi connectivity index (χ3n) is 5.88. The quantitative estimate of drug-likeness (QED) is 0.223. The summed E-state index contributed by atoms with van der Waals surface area (Å²) in [5.74, 6) is -1.71. The van der Waals surface area contributed by atoms with Gasteiger partial charge in [0.05, 0.1) is 22.6 Å². The Morgan fingerprint density at radius 3 is 2.33 bits per heavy atom. The van der Waals surface area contributed by atoms with Crippen molar-refractivity contribution < 1.29 is 19.3 Å². The lowest BCUT2D eigenvalue weighted by Crippen LogP contribution is -2.35. The number of aromatic nitrogens is 1. The zero-order chi connectivity index (χ0) is 23.9. The monoisotopic (exact) mass is 465 g/mol. The van der Waals surface area contributed by atoms with Gasteiger partial charge >= 0.3 is 0 Å². The molecule has 3 aromatic rings. The number of benzene rings is 2. The van der Waals surface area contributed by atoms with E-state index in [2.05, 4.69) is 0 Å². The van der Waals surface area contributed by atoms with Crippen LogP contribution in [-0.2, 0) is 13.0 Å². The van der Waals surface area contributed by atoms with Gasteiger partial charge in [-0.3, -0.25) is 29.4 Å². The SMILES string of the molecule is Cc1cc(C(=O)CN2C(=O)c3ccc([N+](=O)[O-])cc3C2=O)c(C)n1CCc1ccc(Cl)cc1. The summed E-state index contributed by atoms with van der Waals surface area (Å²) in [5, 5.41) is 11.7. The van der Waals surface area contributed by atoms with Gasteiger partial charge in [-0.1, -0.05) is 23.7 Å². The molecule has 33 heavy (non-hydrogen) atoms. The molecule has 0 fully saturated rings. The number of carbonyl (C=O) groups is 3. The zero-order valence-corrected chi connectivity index (χ0v) is 18.8. The Bertz CT molecular complexity index is 1310. The number of nitrogens with zero attached hydrogens (tertiary/aromatic N) is 3.